The van der Waals surface area contributed by atoms with Gasteiger partial charge in [-0.15, -0.1) is 0 Å². The van der Waals surface area contributed by atoms with Crippen LogP contribution in [0.5, 0.6) is 11.5 Å². The van der Waals surface area contributed by atoms with E-state index in [4.69, 9.17) is 9.72 Å². The van der Waals surface area contributed by atoms with Crippen LogP contribution < -0.4 is 4.74 Å². The van der Waals surface area contributed by atoms with Crippen LogP contribution >= 0.6 is 0 Å². The monoisotopic (exact) mass is 659 g/mol. The van der Waals surface area contributed by atoms with Crippen molar-refractivity contribution in [2.75, 3.05) is 0 Å². The number of ether oxygens (including phenoxy) is 1. The number of aryl methyl sites for hydroxylation is 4. The van der Waals surface area contributed by atoms with Crippen molar-refractivity contribution in [1.29, 1.82) is 0 Å². The molecule has 0 radical (unpaired) electrons. The Hall–Kier alpha value is -6.53. The highest BCUT2D eigenvalue weighted by Gasteiger charge is 2.22. The molecule has 0 fully saturated rings. The largest absolute Gasteiger partial charge is 0.457 e. The van der Waals surface area contributed by atoms with Crippen molar-refractivity contribution in [3.8, 4) is 33.8 Å². The van der Waals surface area contributed by atoms with Crippen LogP contribution in [0, 0.1) is 27.7 Å². The fraction of sp³-hybridized carbons (Fsp3) is 0.0889. The summed E-state index contributed by atoms with van der Waals surface area (Å²) in [6.45, 7) is 8.87. The second-order valence-corrected chi connectivity index (χ2v) is 13.5. The van der Waals surface area contributed by atoms with Crippen LogP contribution in [0.1, 0.15) is 22.3 Å². The van der Waals surface area contributed by atoms with Crippen LogP contribution in [0.15, 0.2) is 128 Å². The van der Waals surface area contributed by atoms with Gasteiger partial charge in [-0.25, -0.2) is 15.0 Å². The van der Waals surface area contributed by atoms with Gasteiger partial charge >= 0.3 is 0 Å². The summed E-state index contributed by atoms with van der Waals surface area (Å²) in [6, 6.07) is 34.5. The third-order valence-electron chi connectivity index (χ3n) is 10.5. The first-order valence-corrected chi connectivity index (χ1v) is 17.3. The summed E-state index contributed by atoms with van der Waals surface area (Å²) in [6.07, 6.45) is 9.55. The van der Waals surface area contributed by atoms with E-state index in [0.29, 0.717) is 0 Å². The molecule has 10 rings (SSSR count). The summed E-state index contributed by atoms with van der Waals surface area (Å²) in [7, 11) is 0. The van der Waals surface area contributed by atoms with E-state index in [1.54, 1.807) is 0 Å². The minimum absolute atomic E-state index is 0.740. The summed E-state index contributed by atoms with van der Waals surface area (Å²) in [4.78, 5) is 14.2. The Labute approximate surface area is 294 Å². The Bertz CT molecular complexity index is 3020. The highest BCUT2D eigenvalue weighted by Crippen LogP contribution is 2.46. The van der Waals surface area contributed by atoms with Gasteiger partial charge in [0, 0.05) is 58.1 Å². The van der Waals surface area contributed by atoms with E-state index in [0.717, 1.165) is 60.9 Å². The zero-order chi connectivity index (χ0) is 34.4. The van der Waals surface area contributed by atoms with Gasteiger partial charge in [-0.1, -0.05) is 42.5 Å². The van der Waals surface area contributed by atoms with Gasteiger partial charge in [-0.2, -0.15) is 0 Å². The normalized spacial score (nSPS) is 11.9. The average Bonchev–Trinajstić information content (AvgIpc) is 3.84. The highest BCUT2D eigenvalue weighted by atomic mass is 16.5. The van der Waals surface area contributed by atoms with E-state index in [1.807, 2.05) is 41.3 Å². The second kappa shape index (κ2) is 11.0. The molecule has 0 atom stereocenters. The minimum atomic E-state index is 0.740. The maximum atomic E-state index is 6.66. The van der Waals surface area contributed by atoms with E-state index >= 15 is 0 Å². The van der Waals surface area contributed by atoms with Crippen LogP contribution in [0.3, 0.4) is 0 Å². The van der Waals surface area contributed by atoms with Gasteiger partial charge in [0.15, 0.2) is 0 Å². The molecule has 0 unspecified atom stereocenters. The molecule has 0 bridgehead atoms. The van der Waals surface area contributed by atoms with Crippen molar-refractivity contribution in [3.63, 3.8) is 0 Å². The van der Waals surface area contributed by atoms with Gasteiger partial charge in [0.2, 0.25) is 0 Å². The first-order chi connectivity index (χ1) is 25.0. The molecule has 10 aromatic rings. The molecule has 0 aliphatic carbocycles. The summed E-state index contributed by atoms with van der Waals surface area (Å²) in [5.74, 6) is 1.48. The molecule has 5 aromatic carbocycles. The molecule has 0 saturated carbocycles. The van der Waals surface area contributed by atoms with Crippen LogP contribution in [-0.4, -0.2) is 23.8 Å². The number of benzene rings is 5. The van der Waals surface area contributed by atoms with Gasteiger partial charge in [0.05, 0.1) is 5.52 Å². The molecule has 5 heterocycles. The minimum Gasteiger partial charge on any atom is -0.457 e. The van der Waals surface area contributed by atoms with Crippen molar-refractivity contribution < 1.29 is 4.74 Å². The number of aromatic nitrogens is 5. The molecule has 0 saturated heterocycles. The molecule has 244 valence electrons. The molecule has 5 aromatic heterocycles. The third kappa shape index (κ3) is 4.33. The average molecular weight is 660 g/mol. The molecule has 6 heteroatoms. The zero-order valence-electron chi connectivity index (χ0n) is 28.8. The molecule has 0 N–H and O–H groups in total. The summed E-state index contributed by atoms with van der Waals surface area (Å²) in [5.41, 5.74) is 13.8. The van der Waals surface area contributed by atoms with Crippen molar-refractivity contribution in [2.45, 2.75) is 27.7 Å². The first-order valence-electron chi connectivity index (χ1n) is 17.3. The fourth-order valence-electron chi connectivity index (χ4n) is 8.28. The van der Waals surface area contributed by atoms with E-state index in [9.17, 15) is 0 Å². The van der Waals surface area contributed by atoms with Crippen molar-refractivity contribution in [2.24, 2.45) is 0 Å². The highest BCUT2D eigenvalue weighted by molar-refractivity contribution is 6.20. The van der Waals surface area contributed by atoms with Crippen LogP contribution in [0.2, 0.25) is 0 Å². The number of imidazole rings is 2. The van der Waals surface area contributed by atoms with Gasteiger partial charge in [-0.05, 0) is 132 Å². The predicted molar refractivity (Wildman–Crippen MR) is 208 cm³/mol. The Balaban J connectivity index is 1.22. The van der Waals surface area contributed by atoms with Crippen LogP contribution in [-0.2, 0) is 0 Å². The Kier molecular flexibility index (Phi) is 6.33. The molecule has 0 amide bonds. The maximum absolute atomic E-state index is 6.66. The van der Waals surface area contributed by atoms with E-state index < -0.39 is 0 Å². The molecular formula is C45H33N5O. The van der Waals surface area contributed by atoms with E-state index in [1.165, 1.54) is 49.9 Å². The molecule has 0 aliphatic rings. The maximum Gasteiger partial charge on any atom is 0.146 e. The third-order valence-corrected chi connectivity index (χ3v) is 10.5. The number of rotatable bonds is 4. The number of nitrogens with zero attached hydrogens (tertiary/aromatic N) is 5. The summed E-state index contributed by atoms with van der Waals surface area (Å²) < 4.78 is 10.9. The van der Waals surface area contributed by atoms with Gasteiger partial charge < -0.3 is 4.74 Å². The molecule has 51 heavy (non-hydrogen) atoms. The van der Waals surface area contributed by atoms with Gasteiger partial charge in [0.1, 0.15) is 28.4 Å². The lowest BCUT2D eigenvalue weighted by molar-refractivity contribution is 0.484. The lowest BCUT2D eigenvalue weighted by Gasteiger charge is -2.22. The topological polar surface area (TPSA) is 56.7 Å². The number of hydrogen-bond donors (Lipinski definition) is 0. The Morgan fingerprint density at radius 1 is 0.451 bits per heavy atom. The van der Waals surface area contributed by atoms with E-state index in [-0.39, 0.29) is 0 Å². The van der Waals surface area contributed by atoms with Crippen molar-refractivity contribution in [3.05, 3.63) is 150 Å². The SMILES string of the molecule is Cc1cccc(C)c1-c1ccc2c(c1-c1c(C)cccc1C)c1ccc(Oc3ccc4c5cccnc5n5ccnc5c4c3)cc1c1nccn21. The van der Waals surface area contributed by atoms with Gasteiger partial charge in [-0.3, -0.25) is 8.80 Å². The molecular weight excluding hydrogens is 627 g/mol. The zero-order valence-corrected chi connectivity index (χ0v) is 28.8. The van der Waals surface area contributed by atoms with Crippen LogP contribution in [0.4, 0.5) is 0 Å². The molecule has 0 aliphatic heterocycles. The first kappa shape index (κ1) is 29.4. The standard InChI is InChI=1S/C45H33N5O/c1-26-8-5-9-27(2)39(26)35-17-18-38-41(42(35)40-28(3)10-6-11-29(40)4)33-16-14-31(25-37(33)44-47-20-22-49(38)44)51-30-13-15-32-34-12-7-19-46-43(34)50-23-21-48-45(50)36(32)24-30/h5-25H,1-4H3. The van der Waals surface area contributed by atoms with Crippen molar-refractivity contribution in [1.82, 2.24) is 23.8 Å². The molecule has 6 nitrogen and oxygen atoms in total. The lowest BCUT2D eigenvalue weighted by Crippen LogP contribution is -1.99. The van der Waals surface area contributed by atoms with Crippen LogP contribution in [0.25, 0.3) is 77.0 Å². The number of hydrogen-bond acceptors (Lipinski definition) is 4. The Morgan fingerprint density at radius 3 is 1.73 bits per heavy atom. The van der Waals surface area contributed by atoms with Crippen molar-refractivity contribution >= 4 is 54.8 Å². The summed E-state index contributed by atoms with van der Waals surface area (Å²) >= 11 is 0. The summed E-state index contributed by atoms with van der Waals surface area (Å²) in [5, 5.41) is 6.55. The smallest absolute Gasteiger partial charge is 0.146 e. The molecule has 0 spiro atoms. The number of pyridine rings is 3. The predicted octanol–water partition coefficient (Wildman–Crippen LogP) is 11.3. The van der Waals surface area contributed by atoms with E-state index in [2.05, 4.69) is 133 Å². The number of fused-ring (bicyclic) bond motifs is 12. The second-order valence-electron chi connectivity index (χ2n) is 13.5. The van der Waals surface area contributed by atoms with Gasteiger partial charge in [0.25, 0.3) is 0 Å². The lowest BCUT2D eigenvalue weighted by atomic mass is 9.83. The quantitative estimate of drug-likeness (QED) is 0.176. The fourth-order valence-corrected chi connectivity index (χ4v) is 8.28. The Morgan fingerprint density at radius 2 is 1.02 bits per heavy atom.